The number of carboxylic acids is 2. The minimum Gasteiger partial charge on any atom is -0.480 e. The monoisotopic (exact) mass is 683 g/mol. The number of nitrogens with one attached hydrogen (secondary N) is 3. The molecule has 0 saturated carbocycles. The first-order valence-electron chi connectivity index (χ1n) is 15.2. The first-order valence-corrected chi connectivity index (χ1v) is 15.2. The maximum Gasteiger partial charge on any atom is 0.408 e. The normalized spacial score (nSPS) is 12.9. The number of alkyl carbamates (subject to hydrolysis) is 1. The highest BCUT2D eigenvalue weighted by Gasteiger charge is 2.29. The molecule has 0 fully saturated rings. The van der Waals surface area contributed by atoms with Gasteiger partial charge in [0.05, 0.1) is 0 Å². The lowest BCUT2D eigenvalue weighted by Gasteiger charge is -2.24. The number of rotatable bonds is 15. The van der Waals surface area contributed by atoms with E-state index in [0.717, 1.165) is 29.3 Å². The predicted molar refractivity (Wildman–Crippen MR) is 173 cm³/mol. The van der Waals surface area contributed by atoms with Crippen molar-refractivity contribution in [3.63, 3.8) is 0 Å². The lowest BCUT2D eigenvalue weighted by molar-refractivity contribution is -0.142. The van der Waals surface area contributed by atoms with E-state index in [0.29, 0.717) is 6.42 Å². The molecule has 0 aromatic heterocycles. The second-order valence-corrected chi connectivity index (χ2v) is 11.3. The number of halogens is 2. The van der Waals surface area contributed by atoms with Gasteiger partial charge in [0.1, 0.15) is 48.6 Å². The van der Waals surface area contributed by atoms with Gasteiger partial charge in [0.15, 0.2) is 0 Å². The van der Waals surface area contributed by atoms with Crippen LogP contribution in [0.3, 0.4) is 0 Å². The van der Waals surface area contributed by atoms with Gasteiger partial charge in [-0.3, -0.25) is 14.4 Å². The van der Waals surface area contributed by atoms with E-state index in [4.69, 9.17) is 9.84 Å². The Hall–Kier alpha value is -5.66. The second kappa shape index (κ2) is 19.9. The van der Waals surface area contributed by atoms with E-state index in [-0.39, 0.29) is 25.2 Å². The zero-order valence-corrected chi connectivity index (χ0v) is 27.1. The van der Waals surface area contributed by atoms with Crippen LogP contribution in [0.4, 0.5) is 13.6 Å². The van der Waals surface area contributed by atoms with Crippen LogP contribution >= 0.6 is 0 Å². The highest BCUT2D eigenvalue weighted by atomic mass is 19.1. The van der Waals surface area contributed by atoms with E-state index in [1.807, 2.05) is 38.1 Å². The molecular weight excluding hydrogens is 644 g/mol. The summed E-state index contributed by atoms with van der Waals surface area (Å²) in [6, 6.07) is 17.9. The molecule has 0 aliphatic heterocycles. The Balaban J connectivity index is 0.000000495. The molecule has 262 valence electrons. The van der Waals surface area contributed by atoms with Gasteiger partial charge in [0, 0.05) is 12.0 Å². The van der Waals surface area contributed by atoms with Gasteiger partial charge in [-0.2, -0.15) is 0 Å². The summed E-state index contributed by atoms with van der Waals surface area (Å²) in [6.07, 6.45) is -0.380. The summed E-state index contributed by atoms with van der Waals surface area (Å²) >= 11 is 0. The minimum atomic E-state index is -1.80. The third-order valence-electron chi connectivity index (χ3n) is 6.89. The number of aldehydes is 1. The van der Waals surface area contributed by atoms with Crippen molar-refractivity contribution in [1.29, 1.82) is 0 Å². The van der Waals surface area contributed by atoms with Crippen molar-refractivity contribution < 1.29 is 52.5 Å². The zero-order chi connectivity index (χ0) is 36.5. The van der Waals surface area contributed by atoms with Crippen LogP contribution in [0, 0.1) is 17.6 Å². The smallest absolute Gasteiger partial charge is 0.408 e. The van der Waals surface area contributed by atoms with Gasteiger partial charge in [-0.25, -0.2) is 18.4 Å². The number of hydrogen-bond acceptors (Lipinski definition) is 7. The van der Waals surface area contributed by atoms with Crippen LogP contribution in [-0.4, -0.2) is 64.5 Å². The molecule has 12 nitrogen and oxygen atoms in total. The molecule has 3 amide bonds. The van der Waals surface area contributed by atoms with Crippen LogP contribution in [0.5, 0.6) is 0 Å². The predicted octanol–water partition coefficient (Wildman–Crippen LogP) is 3.98. The maximum atomic E-state index is 13.0. The fourth-order valence-corrected chi connectivity index (χ4v) is 4.39. The van der Waals surface area contributed by atoms with E-state index in [1.54, 1.807) is 36.4 Å². The fraction of sp³-hybridized carbons (Fsp3) is 0.314. The van der Waals surface area contributed by atoms with Crippen molar-refractivity contribution in [3.05, 3.63) is 107 Å². The van der Waals surface area contributed by atoms with Gasteiger partial charge in [-0.05, 0) is 42.5 Å². The van der Waals surface area contributed by atoms with Crippen molar-refractivity contribution in [2.24, 2.45) is 5.92 Å². The van der Waals surface area contributed by atoms with Crippen LogP contribution in [0.15, 0.2) is 78.9 Å². The molecule has 14 heteroatoms. The summed E-state index contributed by atoms with van der Waals surface area (Å²) in [4.78, 5) is 70.2. The number of amides is 3. The quantitative estimate of drug-likeness (QED) is 0.117. The largest absolute Gasteiger partial charge is 0.480 e. The molecule has 49 heavy (non-hydrogen) atoms. The Morgan fingerprint density at radius 2 is 1.24 bits per heavy atom. The Bertz CT molecular complexity index is 1550. The summed E-state index contributed by atoms with van der Waals surface area (Å²) in [5, 5.41) is 25.7. The molecule has 3 rings (SSSR count). The van der Waals surface area contributed by atoms with Gasteiger partial charge >= 0.3 is 18.0 Å². The topological polar surface area (TPSA) is 188 Å². The number of aliphatic carboxylic acids is 2. The van der Waals surface area contributed by atoms with E-state index in [1.165, 1.54) is 6.92 Å². The van der Waals surface area contributed by atoms with Gasteiger partial charge in [0.25, 0.3) is 0 Å². The minimum absolute atomic E-state index is 0.0101. The van der Waals surface area contributed by atoms with Crippen molar-refractivity contribution in [3.8, 4) is 0 Å². The number of benzene rings is 3. The average molecular weight is 684 g/mol. The molecule has 1 unspecified atom stereocenters. The van der Waals surface area contributed by atoms with Crippen molar-refractivity contribution in [2.45, 2.75) is 64.3 Å². The third kappa shape index (κ3) is 13.5. The molecule has 0 bridgehead atoms. The van der Waals surface area contributed by atoms with Gasteiger partial charge < -0.3 is 35.7 Å². The molecule has 0 aliphatic carbocycles. The summed E-state index contributed by atoms with van der Waals surface area (Å²) in [6.45, 7) is 5.29. The van der Waals surface area contributed by atoms with Crippen LogP contribution in [-0.2, 0) is 41.7 Å². The second-order valence-electron chi connectivity index (χ2n) is 11.3. The van der Waals surface area contributed by atoms with Gasteiger partial charge in [-0.1, -0.05) is 80.6 Å². The zero-order valence-electron chi connectivity index (χ0n) is 27.1. The van der Waals surface area contributed by atoms with Crippen molar-refractivity contribution in [1.82, 2.24) is 16.0 Å². The fourth-order valence-electron chi connectivity index (χ4n) is 4.39. The van der Waals surface area contributed by atoms with E-state index in [9.17, 15) is 42.7 Å². The van der Waals surface area contributed by atoms with Gasteiger partial charge in [0.2, 0.25) is 11.8 Å². The summed E-state index contributed by atoms with van der Waals surface area (Å²) in [5.74, 6) is -7.77. The first kappa shape index (κ1) is 39.5. The van der Waals surface area contributed by atoms with Crippen molar-refractivity contribution >= 4 is 36.1 Å². The molecule has 0 aliphatic rings. The van der Waals surface area contributed by atoms with E-state index in [2.05, 4.69) is 16.0 Å². The van der Waals surface area contributed by atoms with Gasteiger partial charge in [-0.15, -0.1) is 0 Å². The molecule has 4 atom stereocenters. The summed E-state index contributed by atoms with van der Waals surface area (Å²) < 4.78 is 31.1. The Kier molecular flexibility index (Phi) is 16.0. The molecule has 5 N–H and O–H groups in total. The van der Waals surface area contributed by atoms with E-state index >= 15 is 0 Å². The molecular formula is C35H39F2N3O9. The number of hydrogen-bond donors (Lipinski definition) is 5. The molecule has 3 aromatic rings. The van der Waals surface area contributed by atoms with Crippen LogP contribution in [0.1, 0.15) is 49.8 Å². The lowest BCUT2D eigenvalue weighted by Crippen LogP contribution is -2.55. The highest BCUT2D eigenvalue weighted by Crippen LogP contribution is 2.21. The average Bonchev–Trinajstić information content (AvgIpc) is 3.05. The lowest BCUT2D eigenvalue weighted by atomic mass is 10.00. The third-order valence-corrected chi connectivity index (χ3v) is 6.89. The molecule has 3 aromatic carbocycles. The number of ether oxygens (including phenoxy) is 1. The Morgan fingerprint density at radius 1 is 0.714 bits per heavy atom. The highest BCUT2D eigenvalue weighted by molar-refractivity contribution is 5.93. The maximum absolute atomic E-state index is 13.0. The molecule has 0 spiro atoms. The summed E-state index contributed by atoms with van der Waals surface area (Å²) in [7, 11) is 0. The van der Waals surface area contributed by atoms with Crippen LogP contribution in [0.25, 0.3) is 0 Å². The summed E-state index contributed by atoms with van der Waals surface area (Å²) in [5.41, 5.74) is 0.836. The van der Waals surface area contributed by atoms with E-state index < -0.39 is 71.1 Å². The van der Waals surface area contributed by atoms with Crippen LogP contribution < -0.4 is 16.0 Å². The Labute approximate surface area is 281 Å². The number of carbonyl (C=O) groups excluding carboxylic acids is 4. The van der Waals surface area contributed by atoms with Crippen LogP contribution in [0.2, 0.25) is 0 Å². The Morgan fingerprint density at radius 3 is 1.73 bits per heavy atom. The number of carboxylic acid groups (broad SMARTS) is 2. The molecule has 0 heterocycles. The SMILES string of the molecule is CC(C)C[C@H](NC(=O)[C@@H](C)NC(=O)OCc1ccccc1)C(=O)N[C@@H](Cc1ccccc1)C(=O)O.O=CC(C(=O)O)c1c(F)cccc1F. The molecule has 0 saturated heterocycles. The van der Waals surface area contributed by atoms with Crippen molar-refractivity contribution in [2.75, 3.05) is 0 Å². The molecule has 0 radical (unpaired) electrons. The standard InChI is InChI=1S/C26H33N3O6.C9H6F2O3/c1-17(2)14-21(24(31)29-22(25(32)33)15-19-10-6-4-7-11-19)28-23(30)18(3)27-26(34)35-16-20-12-8-5-9-13-20;10-6-2-1-3-7(11)8(6)5(4-12)9(13)14/h4-13,17-18,21-22H,14-16H2,1-3H3,(H,27,34)(H,28,30)(H,29,31)(H,32,33);1-5H,(H,13,14)/t18-,21+,22+;/m1./s1. The first-order chi connectivity index (χ1) is 23.2. The number of carbonyl (C=O) groups is 6.